The fourth-order valence-corrected chi connectivity index (χ4v) is 3.88. The number of hydrogen-bond donors (Lipinski definition) is 2. The van der Waals surface area contributed by atoms with E-state index in [1.807, 2.05) is 36.4 Å². The van der Waals surface area contributed by atoms with Crippen LogP contribution in [0, 0.1) is 0 Å². The molecule has 3 aromatic carbocycles. The second-order valence-corrected chi connectivity index (χ2v) is 7.32. The van der Waals surface area contributed by atoms with Crippen LogP contribution in [0.15, 0.2) is 72.8 Å². The SMILES string of the molecule is CC(=O)Nc1ccc(O)c2c1N(Cc1ccccc1)CCN2Cc1ccccc1. The number of amides is 1. The molecule has 0 aliphatic carbocycles. The summed E-state index contributed by atoms with van der Waals surface area (Å²) >= 11 is 0. The Morgan fingerprint density at radius 3 is 1.86 bits per heavy atom. The van der Waals surface area contributed by atoms with Gasteiger partial charge in [0.25, 0.3) is 0 Å². The third kappa shape index (κ3) is 4.19. The molecule has 0 unspecified atom stereocenters. The van der Waals surface area contributed by atoms with Gasteiger partial charge in [-0.15, -0.1) is 0 Å². The zero-order chi connectivity index (χ0) is 20.2. The molecule has 148 valence electrons. The lowest BCUT2D eigenvalue weighted by atomic mass is 10.1. The van der Waals surface area contributed by atoms with Gasteiger partial charge in [0.2, 0.25) is 5.91 Å². The van der Waals surface area contributed by atoms with Gasteiger partial charge in [0, 0.05) is 33.1 Å². The average molecular weight is 387 g/mol. The summed E-state index contributed by atoms with van der Waals surface area (Å²) in [6.07, 6.45) is 0. The Kier molecular flexibility index (Phi) is 5.38. The predicted molar refractivity (Wildman–Crippen MR) is 117 cm³/mol. The highest BCUT2D eigenvalue weighted by molar-refractivity contribution is 5.98. The molecular weight excluding hydrogens is 362 g/mol. The lowest BCUT2D eigenvalue weighted by Gasteiger charge is -2.40. The monoisotopic (exact) mass is 387 g/mol. The molecule has 5 nitrogen and oxygen atoms in total. The van der Waals surface area contributed by atoms with Crippen LogP contribution in [0.25, 0.3) is 0 Å². The number of fused-ring (bicyclic) bond motifs is 1. The van der Waals surface area contributed by atoms with Gasteiger partial charge in [-0.25, -0.2) is 0 Å². The van der Waals surface area contributed by atoms with E-state index in [2.05, 4.69) is 39.4 Å². The minimum absolute atomic E-state index is 0.127. The maximum absolute atomic E-state index is 11.8. The molecule has 4 rings (SSSR count). The Hall–Kier alpha value is -3.47. The number of nitrogens with one attached hydrogen (secondary N) is 1. The number of phenols is 1. The molecule has 0 saturated carbocycles. The van der Waals surface area contributed by atoms with E-state index in [0.717, 1.165) is 30.2 Å². The number of anilines is 3. The number of hydrogen-bond acceptors (Lipinski definition) is 4. The summed E-state index contributed by atoms with van der Waals surface area (Å²) < 4.78 is 0. The highest BCUT2D eigenvalue weighted by Crippen LogP contribution is 2.46. The van der Waals surface area contributed by atoms with Crippen LogP contribution in [0.1, 0.15) is 18.1 Å². The van der Waals surface area contributed by atoms with Gasteiger partial charge >= 0.3 is 0 Å². The highest BCUT2D eigenvalue weighted by Gasteiger charge is 2.29. The van der Waals surface area contributed by atoms with Crippen molar-refractivity contribution in [2.45, 2.75) is 20.0 Å². The number of benzene rings is 3. The lowest BCUT2D eigenvalue weighted by Crippen LogP contribution is -2.41. The van der Waals surface area contributed by atoms with Gasteiger partial charge in [0.1, 0.15) is 11.4 Å². The molecule has 0 spiro atoms. The third-order valence-corrected chi connectivity index (χ3v) is 5.15. The van der Waals surface area contributed by atoms with Gasteiger partial charge in [-0.1, -0.05) is 60.7 Å². The molecule has 1 aliphatic rings. The number of aromatic hydroxyl groups is 1. The van der Waals surface area contributed by atoms with E-state index in [1.165, 1.54) is 18.1 Å². The summed E-state index contributed by atoms with van der Waals surface area (Å²) in [7, 11) is 0. The quantitative estimate of drug-likeness (QED) is 0.638. The second kappa shape index (κ2) is 8.27. The summed E-state index contributed by atoms with van der Waals surface area (Å²) in [4.78, 5) is 16.2. The van der Waals surface area contributed by atoms with Crippen LogP contribution < -0.4 is 15.1 Å². The van der Waals surface area contributed by atoms with Gasteiger partial charge in [-0.2, -0.15) is 0 Å². The van der Waals surface area contributed by atoms with E-state index in [1.54, 1.807) is 12.1 Å². The molecule has 0 bridgehead atoms. The first kappa shape index (κ1) is 18.9. The van der Waals surface area contributed by atoms with Crippen LogP contribution in [0.4, 0.5) is 17.1 Å². The summed E-state index contributed by atoms with van der Waals surface area (Å²) in [5, 5.41) is 13.7. The van der Waals surface area contributed by atoms with Crippen molar-refractivity contribution in [2.24, 2.45) is 0 Å². The molecule has 1 aliphatic heterocycles. The van der Waals surface area contributed by atoms with Gasteiger partial charge in [-0.05, 0) is 23.3 Å². The Morgan fingerprint density at radius 1 is 0.828 bits per heavy atom. The highest BCUT2D eigenvalue weighted by atomic mass is 16.3. The lowest BCUT2D eigenvalue weighted by molar-refractivity contribution is -0.114. The molecule has 1 amide bonds. The van der Waals surface area contributed by atoms with Crippen molar-refractivity contribution >= 4 is 23.0 Å². The number of carbonyl (C=O) groups is 1. The van der Waals surface area contributed by atoms with Crippen LogP contribution >= 0.6 is 0 Å². The molecule has 0 radical (unpaired) electrons. The first-order valence-corrected chi connectivity index (χ1v) is 9.83. The van der Waals surface area contributed by atoms with Crippen molar-refractivity contribution in [3.05, 3.63) is 83.9 Å². The number of nitrogens with zero attached hydrogens (tertiary/aromatic N) is 2. The topological polar surface area (TPSA) is 55.8 Å². The predicted octanol–water partition coefficient (Wildman–Crippen LogP) is 4.38. The number of carbonyl (C=O) groups excluding carboxylic acids is 1. The van der Waals surface area contributed by atoms with Crippen molar-refractivity contribution in [3.63, 3.8) is 0 Å². The van der Waals surface area contributed by atoms with Gasteiger partial charge in [0.05, 0.1) is 11.4 Å². The van der Waals surface area contributed by atoms with Crippen molar-refractivity contribution in [1.29, 1.82) is 0 Å². The third-order valence-electron chi connectivity index (χ3n) is 5.15. The first-order chi connectivity index (χ1) is 14.1. The van der Waals surface area contributed by atoms with Crippen molar-refractivity contribution < 1.29 is 9.90 Å². The Balaban J connectivity index is 1.75. The Morgan fingerprint density at radius 2 is 1.34 bits per heavy atom. The number of rotatable bonds is 5. The standard InChI is InChI=1S/C24H25N3O2/c1-18(28)25-21-12-13-22(29)24-23(21)26(16-19-8-4-2-5-9-19)14-15-27(24)17-20-10-6-3-7-11-20/h2-13,29H,14-17H2,1H3,(H,25,28). The molecule has 5 heteroatoms. The largest absolute Gasteiger partial charge is 0.506 e. The van der Waals surface area contributed by atoms with E-state index in [9.17, 15) is 9.90 Å². The van der Waals surface area contributed by atoms with Crippen LogP contribution in [-0.4, -0.2) is 24.1 Å². The molecule has 2 N–H and O–H groups in total. The van der Waals surface area contributed by atoms with Gasteiger partial charge in [0.15, 0.2) is 0 Å². The van der Waals surface area contributed by atoms with E-state index < -0.39 is 0 Å². The summed E-state index contributed by atoms with van der Waals surface area (Å²) in [6, 6.07) is 23.9. The Labute approximate surface area is 171 Å². The maximum Gasteiger partial charge on any atom is 0.221 e. The number of phenolic OH excluding ortho intramolecular Hbond substituents is 1. The van der Waals surface area contributed by atoms with E-state index in [0.29, 0.717) is 13.1 Å². The van der Waals surface area contributed by atoms with Crippen molar-refractivity contribution in [3.8, 4) is 5.75 Å². The van der Waals surface area contributed by atoms with Crippen LogP contribution in [0.5, 0.6) is 5.75 Å². The van der Waals surface area contributed by atoms with Crippen molar-refractivity contribution in [1.82, 2.24) is 0 Å². The van der Waals surface area contributed by atoms with Crippen molar-refractivity contribution in [2.75, 3.05) is 28.2 Å². The van der Waals surface area contributed by atoms with Crippen LogP contribution in [-0.2, 0) is 17.9 Å². The van der Waals surface area contributed by atoms with E-state index in [-0.39, 0.29) is 11.7 Å². The second-order valence-electron chi connectivity index (χ2n) is 7.32. The van der Waals surface area contributed by atoms with Crippen LogP contribution in [0.2, 0.25) is 0 Å². The molecule has 1 heterocycles. The van der Waals surface area contributed by atoms with E-state index >= 15 is 0 Å². The summed E-state index contributed by atoms with van der Waals surface area (Å²) in [6.45, 7) is 4.50. The Bertz CT molecular complexity index is 990. The smallest absolute Gasteiger partial charge is 0.221 e. The summed E-state index contributed by atoms with van der Waals surface area (Å²) in [5.74, 6) is 0.0977. The zero-order valence-corrected chi connectivity index (χ0v) is 16.5. The normalized spacial score (nSPS) is 13.1. The molecule has 0 atom stereocenters. The minimum Gasteiger partial charge on any atom is -0.506 e. The molecule has 0 saturated heterocycles. The van der Waals surface area contributed by atoms with Gasteiger partial charge in [-0.3, -0.25) is 4.79 Å². The first-order valence-electron chi connectivity index (χ1n) is 9.83. The maximum atomic E-state index is 11.8. The van der Waals surface area contributed by atoms with E-state index in [4.69, 9.17) is 0 Å². The molecule has 29 heavy (non-hydrogen) atoms. The fourth-order valence-electron chi connectivity index (χ4n) is 3.88. The molecule has 0 fully saturated rings. The summed E-state index contributed by atoms with van der Waals surface area (Å²) in [5.41, 5.74) is 4.72. The van der Waals surface area contributed by atoms with Gasteiger partial charge < -0.3 is 20.2 Å². The van der Waals surface area contributed by atoms with Crippen LogP contribution in [0.3, 0.4) is 0 Å². The molecular formula is C24H25N3O2. The average Bonchev–Trinajstić information content (AvgIpc) is 2.72. The molecule has 3 aromatic rings. The zero-order valence-electron chi connectivity index (χ0n) is 16.5. The minimum atomic E-state index is -0.127. The molecule has 0 aromatic heterocycles. The fraction of sp³-hybridized carbons (Fsp3) is 0.208.